The number of carbonyl (C=O) groups excluding carboxylic acids is 1. The first kappa shape index (κ1) is 19.8. The van der Waals surface area contributed by atoms with Crippen molar-refractivity contribution in [2.24, 2.45) is 0 Å². The Hall–Kier alpha value is -2.54. The number of hydrogen-bond acceptors (Lipinski definition) is 4. The van der Waals surface area contributed by atoms with Gasteiger partial charge in [0.15, 0.2) is 0 Å². The van der Waals surface area contributed by atoms with Gasteiger partial charge in [-0.1, -0.05) is 6.07 Å². The average molecular weight is 376 g/mol. The van der Waals surface area contributed by atoms with Crippen LogP contribution in [0.5, 0.6) is 5.75 Å². The molecule has 0 spiro atoms. The van der Waals surface area contributed by atoms with E-state index in [9.17, 15) is 13.2 Å². The topological polar surface area (TPSA) is 75.7 Å². The van der Waals surface area contributed by atoms with Gasteiger partial charge in [-0.05, 0) is 68.3 Å². The number of hydrogen-bond donors (Lipinski definition) is 1. The standard InChI is InChI=1S/C19H24N2O4S/c1-13-10-14(2)12-16(11-13)20-19(22)15(3)21(26(5,23)24)17-6-8-18(25-4)9-7-17/h6-12,15H,1-5H3,(H,20,22)/t15-/m1/s1. The van der Waals surface area contributed by atoms with Crippen LogP contribution < -0.4 is 14.4 Å². The third-order valence-corrected chi connectivity index (χ3v) is 5.15. The molecule has 0 heterocycles. The summed E-state index contributed by atoms with van der Waals surface area (Å²) in [5, 5.41) is 2.80. The van der Waals surface area contributed by atoms with E-state index in [4.69, 9.17) is 4.74 Å². The van der Waals surface area contributed by atoms with Crippen LogP contribution in [0.25, 0.3) is 0 Å². The van der Waals surface area contributed by atoms with Gasteiger partial charge in [-0.25, -0.2) is 8.42 Å². The molecule has 0 aliphatic carbocycles. The van der Waals surface area contributed by atoms with Crippen molar-refractivity contribution in [2.45, 2.75) is 26.8 Å². The maximum atomic E-state index is 12.7. The average Bonchev–Trinajstić information content (AvgIpc) is 2.53. The Morgan fingerprint density at radius 2 is 1.62 bits per heavy atom. The Morgan fingerprint density at radius 1 is 1.08 bits per heavy atom. The van der Waals surface area contributed by atoms with E-state index in [0.717, 1.165) is 21.7 Å². The Kier molecular flexibility index (Phi) is 5.92. The molecule has 2 aromatic carbocycles. The fourth-order valence-corrected chi connectivity index (χ4v) is 4.01. The van der Waals surface area contributed by atoms with Crippen molar-refractivity contribution in [3.8, 4) is 5.75 Å². The Morgan fingerprint density at radius 3 is 2.08 bits per heavy atom. The van der Waals surface area contributed by atoms with Crippen molar-refractivity contribution >= 4 is 27.3 Å². The number of rotatable bonds is 6. The predicted octanol–water partition coefficient (Wildman–Crippen LogP) is 3.11. The summed E-state index contributed by atoms with van der Waals surface area (Å²) in [4.78, 5) is 12.7. The molecule has 0 bridgehead atoms. The minimum Gasteiger partial charge on any atom is -0.497 e. The van der Waals surface area contributed by atoms with Crippen molar-refractivity contribution in [2.75, 3.05) is 23.0 Å². The zero-order chi connectivity index (χ0) is 19.5. The predicted molar refractivity (Wildman–Crippen MR) is 104 cm³/mol. The fraction of sp³-hybridized carbons (Fsp3) is 0.316. The number of benzene rings is 2. The lowest BCUT2D eigenvalue weighted by atomic mass is 10.1. The van der Waals surface area contributed by atoms with E-state index in [1.54, 1.807) is 31.2 Å². The zero-order valence-corrected chi connectivity index (χ0v) is 16.4. The summed E-state index contributed by atoms with van der Waals surface area (Å²) < 4.78 is 30.8. The van der Waals surface area contributed by atoms with Crippen molar-refractivity contribution in [3.05, 3.63) is 53.6 Å². The summed E-state index contributed by atoms with van der Waals surface area (Å²) in [5.41, 5.74) is 3.07. The number of methoxy groups -OCH3 is 1. The Labute approximate surface area is 154 Å². The van der Waals surface area contributed by atoms with Gasteiger partial charge in [0.1, 0.15) is 11.8 Å². The van der Waals surface area contributed by atoms with Gasteiger partial charge in [-0.2, -0.15) is 0 Å². The van der Waals surface area contributed by atoms with Crippen LogP contribution in [-0.2, 0) is 14.8 Å². The molecule has 1 amide bonds. The minimum atomic E-state index is -3.66. The van der Waals surface area contributed by atoms with E-state index in [1.165, 1.54) is 7.11 Å². The van der Waals surface area contributed by atoms with Crippen LogP contribution in [0, 0.1) is 13.8 Å². The van der Waals surface area contributed by atoms with Crippen molar-refractivity contribution in [3.63, 3.8) is 0 Å². The first-order valence-corrected chi connectivity index (χ1v) is 9.99. The summed E-state index contributed by atoms with van der Waals surface area (Å²) in [6, 6.07) is 11.3. The van der Waals surface area contributed by atoms with Crippen LogP contribution in [0.4, 0.5) is 11.4 Å². The molecule has 0 fully saturated rings. The van der Waals surface area contributed by atoms with Gasteiger partial charge in [0.25, 0.3) is 0 Å². The lowest BCUT2D eigenvalue weighted by molar-refractivity contribution is -0.116. The third kappa shape index (κ3) is 4.76. The largest absolute Gasteiger partial charge is 0.497 e. The van der Waals surface area contributed by atoms with E-state index < -0.39 is 22.0 Å². The molecule has 0 aliphatic heterocycles. The van der Waals surface area contributed by atoms with Crippen LogP contribution in [0.2, 0.25) is 0 Å². The molecule has 6 nitrogen and oxygen atoms in total. The van der Waals surface area contributed by atoms with Gasteiger partial charge < -0.3 is 10.1 Å². The quantitative estimate of drug-likeness (QED) is 0.840. The molecule has 0 aromatic heterocycles. The van der Waals surface area contributed by atoms with E-state index in [0.29, 0.717) is 17.1 Å². The lowest BCUT2D eigenvalue weighted by Gasteiger charge is -2.28. The summed E-state index contributed by atoms with van der Waals surface area (Å²) in [7, 11) is -2.13. The summed E-state index contributed by atoms with van der Waals surface area (Å²) >= 11 is 0. The van der Waals surface area contributed by atoms with Gasteiger partial charge in [0.05, 0.1) is 19.1 Å². The van der Waals surface area contributed by atoms with Gasteiger partial charge >= 0.3 is 0 Å². The van der Waals surface area contributed by atoms with E-state index in [-0.39, 0.29) is 0 Å². The number of nitrogens with one attached hydrogen (secondary N) is 1. The van der Waals surface area contributed by atoms with Gasteiger partial charge in [0, 0.05) is 5.69 Å². The second-order valence-electron chi connectivity index (χ2n) is 6.30. The number of ether oxygens (including phenoxy) is 1. The first-order valence-electron chi connectivity index (χ1n) is 8.14. The highest BCUT2D eigenvalue weighted by atomic mass is 32.2. The number of carbonyl (C=O) groups is 1. The van der Waals surface area contributed by atoms with Crippen LogP contribution in [0.3, 0.4) is 0 Å². The highest BCUT2D eigenvalue weighted by Crippen LogP contribution is 2.24. The van der Waals surface area contributed by atoms with Crippen molar-refractivity contribution in [1.29, 1.82) is 0 Å². The molecule has 7 heteroatoms. The van der Waals surface area contributed by atoms with Crippen LogP contribution in [0.1, 0.15) is 18.1 Å². The highest BCUT2D eigenvalue weighted by molar-refractivity contribution is 7.92. The minimum absolute atomic E-state index is 0.399. The van der Waals surface area contributed by atoms with Gasteiger partial charge in [0.2, 0.25) is 15.9 Å². The molecule has 0 saturated carbocycles. The second-order valence-corrected chi connectivity index (χ2v) is 8.16. The molecule has 0 unspecified atom stereocenters. The SMILES string of the molecule is COc1ccc(N([C@H](C)C(=O)Nc2cc(C)cc(C)c2)S(C)(=O)=O)cc1. The molecular weight excluding hydrogens is 352 g/mol. The van der Waals surface area contributed by atoms with Gasteiger partial charge in [-0.15, -0.1) is 0 Å². The number of amides is 1. The molecule has 140 valence electrons. The lowest BCUT2D eigenvalue weighted by Crippen LogP contribution is -2.45. The monoisotopic (exact) mass is 376 g/mol. The van der Waals surface area contributed by atoms with E-state index in [1.807, 2.05) is 32.0 Å². The first-order chi connectivity index (χ1) is 12.1. The van der Waals surface area contributed by atoms with Crippen molar-refractivity contribution in [1.82, 2.24) is 0 Å². The normalized spacial score (nSPS) is 12.3. The maximum absolute atomic E-state index is 12.7. The molecule has 26 heavy (non-hydrogen) atoms. The van der Waals surface area contributed by atoms with E-state index >= 15 is 0 Å². The highest BCUT2D eigenvalue weighted by Gasteiger charge is 2.29. The molecule has 0 saturated heterocycles. The summed E-state index contributed by atoms with van der Waals surface area (Å²) in [6.07, 6.45) is 1.08. The van der Waals surface area contributed by atoms with Crippen LogP contribution in [0.15, 0.2) is 42.5 Å². The maximum Gasteiger partial charge on any atom is 0.247 e. The van der Waals surface area contributed by atoms with Crippen LogP contribution in [-0.4, -0.2) is 33.7 Å². The number of anilines is 2. The second kappa shape index (κ2) is 7.78. The fourth-order valence-electron chi connectivity index (χ4n) is 2.83. The number of sulfonamides is 1. The molecule has 2 aromatic rings. The summed E-state index contributed by atoms with van der Waals surface area (Å²) in [5.74, 6) is 0.200. The van der Waals surface area contributed by atoms with E-state index in [2.05, 4.69) is 5.32 Å². The molecular formula is C19H24N2O4S. The number of nitrogens with zero attached hydrogens (tertiary/aromatic N) is 1. The van der Waals surface area contributed by atoms with Gasteiger partial charge in [-0.3, -0.25) is 9.10 Å². The molecule has 1 N–H and O–H groups in total. The molecule has 1 atom stereocenters. The van der Waals surface area contributed by atoms with Crippen molar-refractivity contribution < 1.29 is 17.9 Å². The Bertz CT molecular complexity index is 872. The molecule has 0 aliphatic rings. The number of aryl methyl sites for hydroxylation is 2. The Balaban J connectivity index is 2.30. The third-order valence-electron chi connectivity index (χ3n) is 3.90. The zero-order valence-electron chi connectivity index (χ0n) is 15.6. The van der Waals surface area contributed by atoms with Crippen LogP contribution >= 0.6 is 0 Å². The molecule has 0 radical (unpaired) electrons. The summed E-state index contributed by atoms with van der Waals surface area (Å²) in [6.45, 7) is 5.43. The smallest absolute Gasteiger partial charge is 0.247 e. The molecule has 2 rings (SSSR count).